The van der Waals surface area contributed by atoms with Crippen LogP contribution in [0, 0.1) is 12.7 Å². The average Bonchev–Trinajstić information content (AvgIpc) is 2.86. The van der Waals surface area contributed by atoms with Gasteiger partial charge in [-0.1, -0.05) is 61.2 Å². The second-order valence-corrected chi connectivity index (χ2v) is 11.8. The number of anilines is 1. The van der Waals surface area contributed by atoms with Gasteiger partial charge in [0.25, 0.3) is 0 Å². The Kier molecular flexibility index (Phi) is 10.1. The van der Waals surface area contributed by atoms with Gasteiger partial charge in [0.2, 0.25) is 21.8 Å². The number of sulfonamides is 1. The molecule has 2 aromatic carbocycles. The molecule has 2 aromatic rings. The van der Waals surface area contributed by atoms with Crippen molar-refractivity contribution in [1.82, 2.24) is 10.2 Å². The van der Waals surface area contributed by atoms with Crippen LogP contribution in [0.3, 0.4) is 0 Å². The first-order valence-electron chi connectivity index (χ1n) is 12.9. The summed E-state index contributed by atoms with van der Waals surface area (Å²) in [6.07, 6.45) is 6.47. The lowest BCUT2D eigenvalue weighted by atomic mass is 9.95. The van der Waals surface area contributed by atoms with Gasteiger partial charge in [-0.2, -0.15) is 0 Å². The lowest BCUT2D eigenvalue weighted by molar-refractivity contribution is -0.141. The molecule has 0 bridgehead atoms. The van der Waals surface area contributed by atoms with Crippen molar-refractivity contribution in [3.05, 3.63) is 65.5 Å². The number of hydrogen-bond donors (Lipinski definition) is 1. The van der Waals surface area contributed by atoms with E-state index in [1.165, 1.54) is 24.6 Å². The smallest absolute Gasteiger partial charge is 0.242 e. The van der Waals surface area contributed by atoms with Gasteiger partial charge in [-0.3, -0.25) is 13.9 Å². The quantitative estimate of drug-likeness (QED) is 0.461. The summed E-state index contributed by atoms with van der Waals surface area (Å²) in [4.78, 5) is 28.0. The summed E-state index contributed by atoms with van der Waals surface area (Å²) in [5.41, 5.74) is 1.95. The standard InChI is InChI=1S/C28H38FN3O4S/c1-21-15-17-23(18-16-21)20-31(22(2)28(34)30-24-10-5-4-6-11-24)27(33)14-9-19-32(37(3,35)36)26-13-8-7-12-25(26)29/h7-8,12-13,15-18,22,24H,4-6,9-11,14,19-20H2,1-3H3,(H,30,34)/t22-/m1/s1. The zero-order valence-corrected chi connectivity index (χ0v) is 22.8. The Morgan fingerprint density at radius 2 is 1.70 bits per heavy atom. The summed E-state index contributed by atoms with van der Waals surface area (Å²) in [6.45, 7) is 3.93. The summed E-state index contributed by atoms with van der Waals surface area (Å²) in [5, 5.41) is 3.11. The molecular weight excluding hydrogens is 493 g/mol. The highest BCUT2D eigenvalue weighted by Gasteiger charge is 2.28. The van der Waals surface area contributed by atoms with Crippen LogP contribution in [0.25, 0.3) is 0 Å². The van der Waals surface area contributed by atoms with Crippen molar-refractivity contribution < 1.29 is 22.4 Å². The number of amides is 2. The highest BCUT2D eigenvalue weighted by atomic mass is 32.2. The predicted octanol–water partition coefficient (Wildman–Crippen LogP) is 4.55. The molecular formula is C28H38FN3O4S. The molecule has 9 heteroatoms. The van der Waals surface area contributed by atoms with E-state index in [1.807, 2.05) is 31.2 Å². The summed E-state index contributed by atoms with van der Waals surface area (Å²) < 4.78 is 40.0. The molecule has 1 N–H and O–H groups in total. The van der Waals surface area contributed by atoms with Crippen LogP contribution >= 0.6 is 0 Å². The SMILES string of the molecule is Cc1ccc(CN(C(=O)CCCN(c2ccccc2F)S(C)(=O)=O)[C@H](C)C(=O)NC2CCCCC2)cc1. The van der Waals surface area contributed by atoms with Crippen LogP contribution in [0.5, 0.6) is 0 Å². The Morgan fingerprint density at radius 1 is 1.05 bits per heavy atom. The van der Waals surface area contributed by atoms with Gasteiger partial charge >= 0.3 is 0 Å². The van der Waals surface area contributed by atoms with Crippen molar-refractivity contribution in [3.8, 4) is 0 Å². The fourth-order valence-electron chi connectivity index (χ4n) is 4.68. The molecule has 0 heterocycles. The third-order valence-electron chi connectivity index (χ3n) is 6.87. The third kappa shape index (κ3) is 8.28. The molecule has 1 aliphatic rings. The Bertz CT molecular complexity index is 1160. The molecule has 1 saturated carbocycles. The Labute approximate surface area is 220 Å². The molecule has 0 radical (unpaired) electrons. The molecule has 1 fully saturated rings. The Hall–Kier alpha value is -2.94. The van der Waals surface area contributed by atoms with Crippen LogP contribution in [0.2, 0.25) is 0 Å². The van der Waals surface area contributed by atoms with E-state index in [-0.39, 0.29) is 49.5 Å². The average molecular weight is 532 g/mol. The van der Waals surface area contributed by atoms with Gasteiger partial charge in [0.15, 0.2) is 0 Å². The van der Waals surface area contributed by atoms with Crippen LogP contribution in [0.1, 0.15) is 63.0 Å². The number of para-hydroxylation sites is 1. The first-order chi connectivity index (χ1) is 17.6. The second kappa shape index (κ2) is 13.0. The number of aryl methyl sites for hydroxylation is 1. The molecule has 3 rings (SSSR count). The minimum Gasteiger partial charge on any atom is -0.352 e. The fourth-order valence-corrected chi connectivity index (χ4v) is 5.64. The van der Waals surface area contributed by atoms with Gasteiger partial charge in [0, 0.05) is 25.6 Å². The van der Waals surface area contributed by atoms with E-state index in [0.717, 1.165) is 47.4 Å². The molecule has 1 aliphatic carbocycles. The monoisotopic (exact) mass is 531 g/mol. The highest BCUT2D eigenvalue weighted by molar-refractivity contribution is 7.92. The fraction of sp³-hybridized carbons (Fsp3) is 0.500. The van der Waals surface area contributed by atoms with Crippen molar-refractivity contribution in [1.29, 1.82) is 0 Å². The minimum atomic E-state index is -3.75. The Balaban J connectivity index is 1.71. The second-order valence-electron chi connectivity index (χ2n) is 9.92. The summed E-state index contributed by atoms with van der Waals surface area (Å²) in [5.74, 6) is -1.08. The van der Waals surface area contributed by atoms with Crippen molar-refractivity contribution in [2.24, 2.45) is 0 Å². The zero-order valence-electron chi connectivity index (χ0n) is 22.0. The highest BCUT2D eigenvalue weighted by Crippen LogP contribution is 2.23. The van der Waals surface area contributed by atoms with Crippen LogP contribution in [0.15, 0.2) is 48.5 Å². The summed E-state index contributed by atoms with van der Waals surface area (Å²) in [7, 11) is -3.75. The van der Waals surface area contributed by atoms with Gasteiger partial charge in [0.05, 0.1) is 11.9 Å². The Morgan fingerprint density at radius 3 is 2.32 bits per heavy atom. The molecule has 7 nitrogen and oxygen atoms in total. The van der Waals surface area contributed by atoms with Gasteiger partial charge in [-0.15, -0.1) is 0 Å². The minimum absolute atomic E-state index is 0.0212. The van der Waals surface area contributed by atoms with Crippen molar-refractivity contribution in [2.75, 3.05) is 17.1 Å². The van der Waals surface area contributed by atoms with E-state index in [1.54, 1.807) is 17.9 Å². The normalized spacial score (nSPS) is 15.1. The van der Waals surface area contributed by atoms with Gasteiger partial charge in [0.1, 0.15) is 11.9 Å². The number of carbonyl (C=O) groups is 2. The maximum Gasteiger partial charge on any atom is 0.242 e. The lowest BCUT2D eigenvalue weighted by Gasteiger charge is -2.31. The predicted molar refractivity (Wildman–Crippen MR) is 144 cm³/mol. The topological polar surface area (TPSA) is 86.8 Å². The van der Waals surface area contributed by atoms with E-state index in [9.17, 15) is 22.4 Å². The molecule has 0 spiro atoms. The van der Waals surface area contributed by atoms with Crippen LogP contribution < -0.4 is 9.62 Å². The lowest BCUT2D eigenvalue weighted by Crippen LogP contribution is -2.50. The van der Waals surface area contributed by atoms with E-state index in [4.69, 9.17) is 0 Å². The number of nitrogens with zero attached hydrogens (tertiary/aromatic N) is 2. The van der Waals surface area contributed by atoms with Crippen molar-refractivity contribution >= 4 is 27.5 Å². The molecule has 1 atom stereocenters. The first-order valence-corrected chi connectivity index (χ1v) is 14.8. The van der Waals surface area contributed by atoms with E-state index in [2.05, 4.69) is 5.32 Å². The van der Waals surface area contributed by atoms with Crippen molar-refractivity contribution in [3.63, 3.8) is 0 Å². The largest absolute Gasteiger partial charge is 0.352 e. The van der Waals surface area contributed by atoms with Crippen LogP contribution in [0.4, 0.5) is 10.1 Å². The zero-order chi connectivity index (χ0) is 27.0. The van der Waals surface area contributed by atoms with Gasteiger partial charge in [-0.25, -0.2) is 12.8 Å². The van der Waals surface area contributed by atoms with E-state index < -0.39 is 21.9 Å². The van der Waals surface area contributed by atoms with Gasteiger partial charge < -0.3 is 10.2 Å². The molecule has 202 valence electrons. The molecule has 0 saturated heterocycles. The summed E-state index contributed by atoms with van der Waals surface area (Å²) in [6, 6.07) is 12.9. The molecule has 0 unspecified atom stereocenters. The van der Waals surface area contributed by atoms with E-state index >= 15 is 0 Å². The maximum absolute atomic E-state index is 14.3. The molecule has 2 amide bonds. The summed E-state index contributed by atoms with van der Waals surface area (Å²) >= 11 is 0. The molecule has 37 heavy (non-hydrogen) atoms. The third-order valence-corrected chi connectivity index (χ3v) is 8.05. The number of carbonyl (C=O) groups excluding carboxylic acids is 2. The number of halogens is 1. The van der Waals surface area contributed by atoms with E-state index in [0.29, 0.717) is 0 Å². The van der Waals surface area contributed by atoms with Gasteiger partial charge in [-0.05, 0) is 50.8 Å². The first kappa shape index (κ1) is 28.6. The number of hydrogen-bond acceptors (Lipinski definition) is 4. The number of benzene rings is 2. The van der Waals surface area contributed by atoms with Crippen molar-refractivity contribution in [2.45, 2.75) is 77.4 Å². The molecule has 0 aliphatic heterocycles. The maximum atomic E-state index is 14.3. The number of nitrogens with one attached hydrogen (secondary N) is 1. The van der Waals surface area contributed by atoms with Crippen LogP contribution in [-0.2, 0) is 26.2 Å². The van der Waals surface area contributed by atoms with Crippen LogP contribution in [-0.4, -0.2) is 50.0 Å². The number of rotatable bonds is 11. The molecule has 0 aromatic heterocycles.